The highest BCUT2D eigenvalue weighted by molar-refractivity contribution is 5.70. The lowest BCUT2D eigenvalue weighted by Gasteiger charge is -2.07. The largest absolute Gasteiger partial charge is 0.481 e. The highest BCUT2D eigenvalue weighted by Gasteiger charge is 2.03. The van der Waals surface area contributed by atoms with Gasteiger partial charge in [0.15, 0.2) is 6.10 Å². The zero-order valence-corrected chi connectivity index (χ0v) is 8.30. The number of rotatable bonds is 4. The highest BCUT2D eigenvalue weighted by Crippen LogP contribution is 2.13. The van der Waals surface area contributed by atoms with Crippen LogP contribution in [0.4, 0.5) is 0 Å². The van der Waals surface area contributed by atoms with Crippen LogP contribution in [0.3, 0.4) is 0 Å². The maximum atomic E-state index is 10.4. The Kier molecular flexibility index (Phi) is 3.69. The fraction of sp³-hybridized carbons (Fsp3) is 0.273. The Morgan fingerprint density at radius 2 is 2.13 bits per heavy atom. The number of hydrogen-bond donors (Lipinski definition) is 1. The minimum atomic E-state index is -0.867. The lowest BCUT2D eigenvalue weighted by Crippen LogP contribution is -2.08. The van der Waals surface area contributed by atoms with Gasteiger partial charge < -0.3 is 9.84 Å². The van der Waals surface area contributed by atoms with E-state index in [1.807, 2.05) is 6.07 Å². The summed E-state index contributed by atoms with van der Waals surface area (Å²) in [6, 6.07) is 8.61. The molecule has 0 fully saturated rings. The van der Waals surface area contributed by atoms with Crippen molar-refractivity contribution in [2.75, 3.05) is 0 Å². The number of ether oxygens (including phenoxy) is 1. The first-order valence-electron chi connectivity index (χ1n) is 4.49. The van der Waals surface area contributed by atoms with Gasteiger partial charge in [0.2, 0.25) is 0 Å². The predicted molar refractivity (Wildman–Crippen MR) is 53.5 cm³/mol. The molecule has 0 aromatic heterocycles. The second-order valence-corrected chi connectivity index (χ2v) is 3.10. The molecule has 0 aliphatic carbocycles. The molecule has 1 atom stereocenters. The Morgan fingerprint density at radius 1 is 1.53 bits per heavy atom. The number of nitriles is 1. The van der Waals surface area contributed by atoms with Crippen molar-refractivity contribution < 1.29 is 14.6 Å². The average Bonchev–Trinajstić information content (AvgIpc) is 2.20. The third-order valence-corrected chi connectivity index (χ3v) is 1.77. The van der Waals surface area contributed by atoms with Crippen LogP contribution in [0.25, 0.3) is 0 Å². The molecule has 1 rings (SSSR count). The minimum Gasteiger partial charge on any atom is -0.481 e. The van der Waals surface area contributed by atoms with Crippen LogP contribution in [0.2, 0.25) is 0 Å². The first kappa shape index (κ1) is 11.1. The normalized spacial score (nSPS) is 11.5. The van der Waals surface area contributed by atoms with E-state index in [9.17, 15) is 4.79 Å². The molecule has 0 aliphatic rings. The summed E-state index contributed by atoms with van der Waals surface area (Å²) in [5.41, 5.74) is 0.708. The van der Waals surface area contributed by atoms with E-state index >= 15 is 0 Å². The van der Waals surface area contributed by atoms with Gasteiger partial charge in [-0.15, -0.1) is 0 Å². The van der Waals surface area contributed by atoms with Crippen LogP contribution in [0.15, 0.2) is 24.3 Å². The van der Waals surface area contributed by atoms with Gasteiger partial charge in [-0.05, 0) is 24.6 Å². The van der Waals surface area contributed by atoms with E-state index in [0.29, 0.717) is 11.3 Å². The molecule has 15 heavy (non-hydrogen) atoms. The van der Waals surface area contributed by atoms with Crippen LogP contribution in [-0.4, -0.2) is 17.2 Å². The fourth-order valence-electron chi connectivity index (χ4n) is 1.09. The Bertz CT molecular complexity index is 378. The molecule has 78 valence electrons. The lowest BCUT2D eigenvalue weighted by molar-refractivity contribution is -0.136. The van der Waals surface area contributed by atoms with Crippen LogP contribution in [0.5, 0.6) is 5.75 Å². The van der Waals surface area contributed by atoms with E-state index in [0.717, 1.165) is 0 Å². The van der Waals surface area contributed by atoms with Gasteiger partial charge in [0.1, 0.15) is 11.8 Å². The van der Waals surface area contributed by atoms with Gasteiger partial charge in [-0.3, -0.25) is 4.79 Å². The summed E-state index contributed by atoms with van der Waals surface area (Å²) >= 11 is 0. The minimum absolute atomic E-state index is 0.00587. The van der Waals surface area contributed by atoms with Crippen LogP contribution < -0.4 is 4.74 Å². The van der Waals surface area contributed by atoms with E-state index in [1.54, 1.807) is 31.2 Å². The molecule has 4 nitrogen and oxygen atoms in total. The topological polar surface area (TPSA) is 70.3 Å². The smallest absolute Gasteiger partial charge is 0.307 e. The molecule has 4 heteroatoms. The van der Waals surface area contributed by atoms with Gasteiger partial charge in [-0.25, -0.2) is 0 Å². The Balaban J connectivity index is 2.65. The number of benzene rings is 1. The standard InChI is InChI=1S/C11H11NO3/c1-8(7-12)15-10-4-2-9(3-5-10)6-11(13)14/h2-5,8H,6H2,1H3,(H,13,14). The van der Waals surface area contributed by atoms with Crippen molar-refractivity contribution >= 4 is 5.97 Å². The van der Waals surface area contributed by atoms with Crippen molar-refractivity contribution in [2.24, 2.45) is 0 Å². The van der Waals surface area contributed by atoms with E-state index in [4.69, 9.17) is 15.1 Å². The van der Waals surface area contributed by atoms with Crippen LogP contribution in [0.1, 0.15) is 12.5 Å². The third kappa shape index (κ3) is 3.69. The van der Waals surface area contributed by atoms with Crippen molar-refractivity contribution in [3.05, 3.63) is 29.8 Å². The van der Waals surface area contributed by atoms with Crippen molar-refractivity contribution in [2.45, 2.75) is 19.4 Å². The maximum Gasteiger partial charge on any atom is 0.307 e. The van der Waals surface area contributed by atoms with E-state index in [2.05, 4.69) is 0 Å². The Morgan fingerprint density at radius 3 is 2.60 bits per heavy atom. The summed E-state index contributed by atoms with van der Waals surface area (Å²) in [5.74, 6) is -0.299. The van der Waals surface area contributed by atoms with Crippen molar-refractivity contribution in [1.82, 2.24) is 0 Å². The number of carboxylic acid groups (broad SMARTS) is 1. The summed E-state index contributed by atoms with van der Waals surface area (Å²) in [7, 11) is 0. The molecule has 0 amide bonds. The molecule has 1 aromatic carbocycles. The van der Waals surface area contributed by atoms with Gasteiger partial charge in [-0.1, -0.05) is 12.1 Å². The number of hydrogen-bond acceptors (Lipinski definition) is 3. The summed E-state index contributed by atoms with van der Waals surface area (Å²) in [6.45, 7) is 1.64. The molecule has 1 unspecified atom stereocenters. The molecular weight excluding hydrogens is 194 g/mol. The molecule has 0 bridgehead atoms. The Hall–Kier alpha value is -2.02. The Labute approximate surface area is 87.7 Å². The second kappa shape index (κ2) is 5.01. The zero-order chi connectivity index (χ0) is 11.3. The van der Waals surface area contributed by atoms with Gasteiger partial charge in [0.05, 0.1) is 6.42 Å². The number of carbonyl (C=O) groups is 1. The number of nitrogens with zero attached hydrogens (tertiary/aromatic N) is 1. The maximum absolute atomic E-state index is 10.4. The molecule has 0 spiro atoms. The van der Waals surface area contributed by atoms with E-state index in [-0.39, 0.29) is 6.42 Å². The SMILES string of the molecule is CC(C#N)Oc1ccc(CC(=O)O)cc1. The van der Waals surface area contributed by atoms with Gasteiger partial charge in [-0.2, -0.15) is 5.26 Å². The molecule has 0 heterocycles. The summed E-state index contributed by atoms with van der Waals surface area (Å²) in [6.07, 6.45) is -0.510. The zero-order valence-electron chi connectivity index (χ0n) is 8.30. The van der Waals surface area contributed by atoms with Gasteiger partial charge >= 0.3 is 5.97 Å². The molecular formula is C11H11NO3. The molecule has 0 saturated heterocycles. The quantitative estimate of drug-likeness (QED) is 0.810. The summed E-state index contributed by atoms with van der Waals surface area (Å²) < 4.78 is 5.21. The molecule has 0 radical (unpaired) electrons. The molecule has 1 N–H and O–H groups in total. The first-order chi connectivity index (χ1) is 7.11. The molecule has 1 aromatic rings. The predicted octanol–water partition coefficient (Wildman–Crippen LogP) is 1.60. The third-order valence-electron chi connectivity index (χ3n) is 1.77. The average molecular weight is 205 g/mol. The fourth-order valence-corrected chi connectivity index (χ4v) is 1.09. The van der Waals surface area contributed by atoms with Crippen molar-refractivity contribution in [3.63, 3.8) is 0 Å². The second-order valence-electron chi connectivity index (χ2n) is 3.10. The van der Waals surface area contributed by atoms with Gasteiger partial charge in [0.25, 0.3) is 0 Å². The first-order valence-corrected chi connectivity index (χ1v) is 4.49. The van der Waals surface area contributed by atoms with E-state index < -0.39 is 12.1 Å². The monoisotopic (exact) mass is 205 g/mol. The van der Waals surface area contributed by atoms with Crippen molar-refractivity contribution in [3.8, 4) is 11.8 Å². The summed E-state index contributed by atoms with van der Waals surface area (Å²) in [5, 5.41) is 17.1. The lowest BCUT2D eigenvalue weighted by atomic mass is 10.1. The van der Waals surface area contributed by atoms with Crippen LogP contribution >= 0.6 is 0 Å². The van der Waals surface area contributed by atoms with Crippen molar-refractivity contribution in [1.29, 1.82) is 5.26 Å². The molecule has 0 saturated carbocycles. The molecule has 0 aliphatic heterocycles. The van der Waals surface area contributed by atoms with Gasteiger partial charge in [0, 0.05) is 0 Å². The van der Waals surface area contributed by atoms with Crippen LogP contribution in [0, 0.1) is 11.3 Å². The number of carboxylic acids is 1. The van der Waals surface area contributed by atoms with Crippen LogP contribution in [-0.2, 0) is 11.2 Å². The van der Waals surface area contributed by atoms with E-state index in [1.165, 1.54) is 0 Å². The summed E-state index contributed by atoms with van der Waals surface area (Å²) in [4.78, 5) is 10.4. The highest BCUT2D eigenvalue weighted by atomic mass is 16.5. The number of aliphatic carboxylic acids is 1.